The molecule has 2 N–H and O–H groups in total. The van der Waals surface area contributed by atoms with E-state index in [1.54, 1.807) is 6.20 Å². The molecule has 0 atom stereocenters. The van der Waals surface area contributed by atoms with Crippen LogP contribution in [0.15, 0.2) is 16.9 Å². The number of pyridine rings is 1. The summed E-state index contributed by atoms with van der Waals surface area (Å²) in [7, 11) is 0. The maximum atomic E-state index is 5.49. The molecule has 0 radical (unpaired) electrons. The standard InChI is InChI=1S/C7H9BrN2/c1-5-3-10-4-7(8)6(5)2-9/h3-4H,2,9H2,1H3. The molecule has 2 nitrogen and oxygen atoms in total. The molecule has 0 aliphatic heterocycles. The molecule has 1 rings (SSSR count). The van der Waals surface area contributed by atoms with E-state index in [4.69, 9.17) is 5.73 Å². The number of nitrogens with zero attached hydrogens (tertiary/aromatic N) is 1. The van der Waals surface area contributed by atoms with Crippen molar-refractivity contribution in [1.82, 2.24) is 4.98 Å². The Morgan fingerprint density at radius 2 is 2.30 bits per heavy atom. The van der Waals surface area contributed by atoms with E-state index in [0.29, 0.717) is 6.54 Å². The first-order chi connectivity index (χ1) is 4.75. The summed E-state index contributed by atoms with van der Waals surface area (Å²) in [6, 6.07) is 0. The zero-order chi connectivity index (χ0) is 7.56. The zero-order valence-electron chi connectivity index (χ0n) is 5.76. The molecule has 0 aliphatic rings. The van der Waals surface area contributed by atoms with Gasteiger partial charge < -0.3 is 5.73 Å². The quantitative estimate of drug-likeness (QED) is 0.749. The lowest BCUT2D eigenvalue weighted by molar-refractivity contribution is 1.02. The third-order valence-electron chi connectivity index (χ3n) is 1.42. The number of halogens is 1. The predicted octanol–water partition coefficient (Wildman–Crippen LogP) is 1.61. The summed E-state index contributed by atoms with van der Waals surface area (Å²) in [4.78, 5) is 3.99. The van der Waals surface area contributed by atoms with Crippen molar-refractivity contribution in [1.29, 1.82) is 0 Å². The molecule has 0 fully saturated rings. The van der Waals surface area contributed by atoms with Crippen molar-refractivity contribution in [2.75, 3.05) is 0 Å². The van der Waals surface area contributed by atoms with Gasteiger partial charge in [-0.3, -0.25) is 4.98 Å². The van der Waals surface area contributed by atoms with Gasteiger partial charge in [0.15, 0.2) is 0 Å². The third-order valence-corrected chi connectivity index (χ3v) is 2.11. The minimum absolute atomic E-state index is 0.564. The lowest BCUT2D eigenvalue weighted by atomic mass is 10.2. The molecule has 1 aromatic rings. The van der Waals surface area contributed by atoms with Crippen molar-refractivity contribution in [3.63, 3.8) is 0 Å². The van der Waals surface area contributed by atoms with Gasteiger partial charge in [-0.2, -0.15) is 0 Å². The second-order valence-corrected chi connectivity index (χ2v) is 2.98. The highest BCUT2D eigenvalue weighted by atomic mass is 79.9. The van der Waals surface area contributed by atoms with Crippen LogP contribution in [0.4, 0.5) is 0 Å². The Morgan fingerprint density at radius 3 is 2.70 bits per heavy atom. The Bertz CT molecular complexity index is 215. The molecule has 1 aromatic heterocycles. The maximum Gasteiger partial charge on any atom is 0.0413 e. The second-order valence-electron chi connectivity index (χ2n) is 2.12. The molecule has 0 unspecified atom stereocenters. The highest BCUT2D eigenvalue weighted by Gasteiger charge is 1.99. The van der Waals surface area contributed by atoms with E-state index in [9.17, 15) is 0 Å². The van der Waals surface area contributed by atoms with Crippen molar-refractivity contribution in [3.8, 4) is 0 Å². The fraction of sp³-hybridized carbons (Fsp3) is 0.286. The van der Waals surface area contributed by atoms with Crippen molar-refractivity contribution in [3.05, 3.63) is 28.0 Å². The van der Waals surface area contributed by atoms with E-state index < -0.39 is 0 Å². The van der Waals surface area contributed by atoms with Gasteiger partial charge in [-0.15, -0.1) is 0 Å². The van der Waals surface area contributed by atoms with Crippen LogP contribution in [0.1, 0.15) is 11.1 Å². The fourth-order valence-corrected chi connectivity index (χ4v) is 1.41. The Morgan fingerprint density at radius 1 is 1.60 bits per heavy atom. The predicted molar refractivity (Wildman–Crippen MR) is 44.6 cm³/mol. The number of aromatic nitrogens is 1. The molecular formula is C7H9BrN2. The molecule has 1 heterocycles. The van der Waals surface area contributed by atoms with Crippen LogP contribution in [0.25, 0.3) is 0 Å². The first-order valence-electron chi connectivity index (χ1n) is 3.04. The Kier molecular flexibility index (Phi) is 2.40. The van der Waals surface area contributed by atoms with Gasteiger partial charge in [0.2, 0.25) is 0 Å². The summed E-state index contributed by atoms with van der Waals surface area (Å²) in [5.41, 5.74) is 7.76. The van der Waals surface area contributed by atoms with Crippen LogP contribution in [-0.4, -0.2) is 4.98 Å². The lowest BCUT2D eigenvalue weighted by Gasteiger charge is -2.02. The molecule has 10 heavy (non-hydrogen) atoms. The van der Waals surface area contributed by atoms with E-state index in [2.05, 4.69) is 20.9 Å². The molecule has 3 heteroatoms. The molecular weight excluding hydrogens is 192 g/mol. The molecule has 54 valence electrons. The van der Waals surface area contributed by atoms with E-state index in [-0.39, 0.29) is 0 Å². The number of nitrogens with two attached hydrogens (primary N) is 1. The van der Waals surface area contributed by atoms with Gasteiger partial charge in [0.25, 0.3) is 0 Å². The zero-order valence-corrected chi connectivity index (χ0v) is 7.35. The topological polar surface area (TPSA) is 38.9 Å². The molecule has 0 saturated carbocycles. The maximum absolute atomic E-state index is 5.49. The molecule has 0 spiro atoms. The second kappa shape index (κ2) is 3.12. The smallest absolute Gasteiger partial charge is 0.0413 e. The van der Waals surface area contributed by atoms with E-state index in [0.717, 1.165) is 15.6 Å². The van der Waals surface area contributed by atoms with Crippen LogP contribution in [0.2, 0.25) is 0 Å². The fourth-order valence-electron chi connectivity index (χ4n) is 0.817. The summed E-state index contributed by atoms with van der Waals surface area (Å²) in [6.07, 6.45) is 3.57. The van der Waals surface area contributed by atoms with Crippen LogP contribution < -0.4 is 5.73 Å². The van der Waals surface area contributed by atoms with Crippen LogP contribution >= 0.6 is 15.9 Å². The number of hydrogen-bond donors (Lipinski definition) is 1. The molecule has 0 aliphatic carbocycles. The Balaban J connectivity index is 3.17. The lowest BCUT2D eigenvalue weighted by Crippen LogP contribution is -2.00. The van der Waals surface area contributed by atoms with Gasteiger partial charge in [0.05, 0.1) is 0 Å². The number of rotatable bonds is 1. The SMILES string of the molecule is Cc1cncc(Br)c1CN. The Labute approximate surface area is 68.6 Å². The minimum atomic E-state index is 0.564. The van der Waals surface area contributed by atoms with Crippen LogP contribution in [0.5, 0.6) is 0 Å². The van der Waals surface area contributed by atoms with Gasteiger partial charge in [-0.05, 0) is 34.0 Å². The van der Waals surface area contributed by atoms with Gasteiger partial charge in [-0.1, -0.05) is 0 Å². The van der Waals surface area contributed by atoms with Crippen LogP contribution in [0.3, 0.4) is 0 Å². The van der Waals surface area contributed by atoms with Crippen molar-refractivity contribution >= 4 is 15.9 Å². The largest absolute Gasteiger partial charge is 0.326 e. The summed E-state index contributed by atoms with van der Waals surface area (Å²) >= 11 is 3.36. The van der Waals surface area contributed by atoms with Gasteiger partial charge in [-0.25, -0.2) is 0 Å². The summed E-state index contributed by atoms with van der Waals surface area (Å²) in [5.74, 6) is 0. The van der Waals surface area contributed by atoms with Gasteiger partial charge in [0, 0.05) is 23.4 Å². The number of aryl methyl sites for hydroxylation is 1. The van der Waals surface area contributed by atoms with E-state index in [1.807, 2.05) is 13.1 Å². The van der Waals surface area contributed by atoms with Crippen molar-refractivity contribution in [2.24, 2.45) is 5.73 Å². The minimum Gasteiger partial charge on any atom is -0.326 e. The van der Waals surface area contributed by atoms with Crippen LogP contribution in [-0.2, 0) is 6.54 Å². The average molecular weight is 201 g/mol. The van der Waals surface area contributed by atoms with Crippen LogP contribution in [0, 0.1) is 6.92 Å². The third kappa shape index (κ3) is 1.36. The molecule has 0 bridgehead atoms. The normalized spacial score (nSPS) is 9.90. The summed E-state index contributed by atoms with van der Waals surface area (Å²) in [6.45, 7) is 2.56. The highest BCUT2D eigenvalue weighted by Crippen LogP contribution is 2.17. The van der Waals surface area contributed by atoms with E-state index >= 15 is 0 Å². The molecule has 0 saturated heterocycles. The summed E-state index contributed by atoms with van der Waals surface area (Å²) < 4.78 is 0.995. The number of hydrogen-bond acceptors (Lipinski definition) is 2. The summed E-state index contributed by atoms with van der Waals surface area (Å²) in [5, 5.41) is 0. The van der Waals surface area contributed by atoms with Crippen molar-refractivity contribution in [2.45, 2.75) is 13.5 Å². The van der Waals surface area contributed by atoms with E-state index in [1.165, 1.54) is 0 Å². The monoisotopic (exact) mass is 200 g/mol. The molecule has 0 amide bonds. The molecule has 0 aromatic carbocycles. The Hall–Kier alpha value is -0.410. The van der Waals surface area contributed by atoms with Gasteiger partial charge >= 0.3 is 0 Å². The first kappa shape index (κ1) is 7.69. The van der Waals surface area contributed by atoms with Crippen molar-refractivity contribution < 1.29 is 0 Å². The van der Waals surface area contributed by atoms with Gasteiger partial charge in [0.1, 0.15) is 0 Å². The highest BCUT2D eigenvalue weighted by molar-refractivity contribution is 9.10. The first-order valence-corrected chi connectivity index (χ1v) is 3.84. The average Bonchev–Trinajstić information content (AvgIpc) is 1.88.